The van der Waals surface area contributed by atoms with Gasteiger partial charge in [0.2, 0.25) is 5.95 Å². The second-order valence-electron chi connectivity index (χ2n) is 3.44. The molecule has 0 amide bonds. The van der Waals surface area contributed by atoms with Crippen LogP contribution in [0, 0.1) is 11.2 Å². The van der Waals surface area contributed by atoms with Crippen LogP contribution in [0.1, 0.15) is 13.3 Å². The summed E-state index contributed by atoms with van der Waals surface area (Å²) in [7, 11) is 1.58. The molecule has 4 N–H and O–H groups in total. The van der Waals surface area contributed by atoms with E-state index in [9.17, 15) is 4.39 Å². The Kier molecular flexibility index (Phi) is 5.56. The Labute approximate surface area is 105 Å². The Bertz CT molecular complexity index is 432. The van der Waals surface area contributed by atoms with E-state index in [2.05, 4.69) is 25.9 Å². The molecule has 18 heavy (non-hydrogen) atoms. The summed E-state index contributed by atoms with van der Waals surface area (Å²) in [6.45, 7) is 2.79. The van der Waals surface area contributed by atoms with E-state index >= 15 is 0 Å². The summed E-state index contributed by atoms with van der Waals surface area (Å²) in [5.74, 6) is 0.470. The SMILES string of the molecule is CCCN/C(=C\C=N)Nc1ncc(F)c(NC)n1. The molecule has 0 aliphatic carbocycles. The lowest BCUT2D eigenvalue weighted by Gasteiger charge is -2.11. The maximum atomic E-state index is 13.2. The molecule has 1 aromatic rings. The Morgan fingerprint density at radius 3 is 2.94 bits per heavy atom. The van der Waals surface area contributed by atoms with Gasteiger partial charge in [-0.2, -0.15) is 4.98 Å². The van der Waals surface area contributed by atoms with Gasteiger partial charge in [0.25, 0.3) is 0 Å². The molecular formula is C11H17FN6. The maximum absolute atomic E-state index is 13.2. The van der Waals surface area contributed by atoms with Crippen LogP contribution in [0.4, 0.5) is 16.2 Å². The van der Waals surface area contributed by atoms with Crippen molar-refractivity contribution in [1.82, 2.24) is 15.3 Å². The van der Waals surface area contributed by atoms with Gasteiger partial charge in [-0.05, 0) is 12.5 Å². The molecule has 0 aliphatic heterocycles. The minimum Gasteiger partial charge on any atom is -0.372 e. The monoisotopic (exact) mass is 252 g/mol. The molecule has 0 saturated carbocycles. The van der Waals surface area contributed by atoms with E-state index in [1.165, 1.54) is 0 Å². The quantitative estimate of drug-likeness (QED) is 0.553. The van der Waals surface area contributed by atoms with Crippen LogP contribution in [0.3, 0.4) is 0 Å². The highest BCUT2D eigenvalue weighted by molar-refractivity contribution is 5.69. The van der Waals surface area contributed by atoms with Crippen molar-refractivity contribution in [3.63, 3.8) is 0 Å². The molecule has 0 atom stereocenters. The molecule has 0 bridgehead atoms. The second kappa shape index (κ2) is 7.21. The molecule has 0 unspecified atom stereocenters. The minimum atomic E-state index is -0.512. The number of allylic oxidation sites excluding steroid dienone is 1. The third-order valence-electron chi connectivity index (χ3n) is 2.04. The van der Waals surface area contributed by atoms with Gasteiger partial charge in [-0.3, -0.25) is 0 Å². The number of nitrogens with zero attached hydrogens (tertiary/aromatic N) is 2. The van der Waals surface area contributed by atoms with E-state index in [4.69, 9.17) is 5.41 Å². The molecule has 0 radical (unpaired) electrons. The summed E-state index contributed by atoms with van der Waals surface area (Å²) in [6, 6.07) is 0. The van der Waals surface area contributed by atoms with Gasteiger partial charge in [-0.15, -0.1) is 0 Å². The van der Waals surface area contributed by atoms with E-state index in [0.717, 1.165) is 25.4 Å². The molecule has 1 rings (SSSR count). The molecule has 0 spiro atoms. The number of halogens is 1. The molecule has 0 aromatic carbocycles. The Morgan fingerprint density at radius 2 is 2.33 bits per heavy atom. The van der Waals surface area contributed by atoms with Crippen LogP contribution in [0.2, 0.25) is 0 Å². The molecule has 98 valence electrons. The number of aromatic nitrogens is 2. The first-order valence-electron chi connectivity index (χ1n) is 5.63. The van der Waals surface area contributed by atoms with Crippen LogP contribution in [0.25, 0.3) is 0 Å². The van der Waals surface area contributed by atoms with Crippen LogP contribution in [-0.4, -0.2) is 29.8 Å². The summed E-state index contributed by atoms with van der Waals surface area (Å²) in [4.78, 5) is 7.78. The summed E-state index contributed by atoms with van der Waals surface area (Å²) in [6.07, 6.45) is 4.72. The van der Waals surface area contributed by atoms with E-state index in [1.807, 2.05) is 6.92 Å². The van der Waals surface area contributed by atoms with E-state index in [0.29, 0.717) is 5.82 Å². The molecule has 0 aliphatic rings. The molecule has 0 fully saturated rings. The van der Waals surface area contributed by atoms with Crippen molar-refractivity contribution in [2.45, 2.75) is 13.3 Å². The highest BCUT2D eigenvalue weighted by Gasteiger charge is 2.05. The molecule has 0 saturated heterocycles. The van der Waals surface area contributed by atoms with Crippen molar-refractivity contribution in [2.75, 3.05) is 24.2 Å². The van der Waals surface area contributed by atoms with E-state index in [1.54, 1.807) is 13.1 Å². The fraction of sp³-hybridized carbons (Fsp3) is 0.364. The summed E-state index contributed by atoms with van der Waals surface area (Å²) < 4.78 is 13.2. The first-order chi connectivity index (χ1) is 8.71. The van der Waals surface area contributed by atoms with Gasteiger partial charge in [-0.25, -0.2) is 9.37 Å². The lowest BCUT2D eigenvalue weighted by molar-refractivity contribution is 0.618. The van der Waals surface area contributed by atoms with Gasteiger partial charge >= 0.3 is 0 Å². The van der Waals surface area contributed by atoms with Crippen molar-refractivity contribution in [3.8, 4) is 0 Å². The fourth-order valence-corrected chi connectivity index (χ4v) is 1.21. The lowest BCUT2D eigenvalue weighted by atomic mass is 10.4. The average molecular weight is 252 g/mol. The standard InChI is InChI=1S/C11H17FN6/c1-3-6-15-9(4-5-13)17-11-16-7-8(12)10(14-2)18-11/h4-5,7,13,15H,3,6H2,1-2H3,(H2,14,16,17,18)/b9-4+,13-5?. The zero-order chi connectivity index (χ0) is 13.4. The number of rotatable bonds is 7. The van der Waals surface area contributed by atoms with Crippen LogP contribution in [-0.2, 0) is 0 Å². The Hall–Kier alpha value is -2.18. The zero-order valence-corrected chi connectivity index (χ0v) is 10.4. The topological polar surface area (TPSA) is 85.7 Å². The third-order valence-corrected chi connectivity index (χ3v) is 2.04. The van der Waals surface area contributed by atoms with Crippen LogP contribution in [0.15, 0.2) is 18.1 Å². The lowest BCUT2D eigenvalue weighted by Crippen LogP contribution is -2.21. The number of hydrogen-bond acceptors (Lipinski definition) is 6. The van der Waals surface area contributed by atoms with Gasteiger partial charge in [0, 0.05) is 19.8 Å². The number of anilines is 2. The highest BCUT2D eigenvalue weighted by atomic mass is 19.1. The van der Waals surface area contributed by atoms with Gasteiger partial charge in [-0.1, -0.05) is 6.92 Å². The summed E-state index contributed by atoms with van der Waals surface area (Å²) in [5, 5.41) is 15.6. The molecular weight excluding hydrogens is 235 g/mol. The minimum absolute atomic E-state index is 0.122. The Balaban J connectivity index is 2.80. The van der Waals surface area contributed by atoms with Crippen LogP contribution < -0.4 is 16.0 Å². The number of hydrogen-bond donors (Lipinski definition) is 4. The van der Waals surface area contributed by atoms with Gasteiger partial charge < -0.3 is 21.4 Å². The molecule has 1 aromatic heterocycles. The summed E-state index contributed by atoms with van der Waals surface area (Å²) >= 11 is 0. The van der Waals surface area contributed by atoms with Gasteiger partial charge in [0.15, 0.2) is 11.6 Å². The zero-order valence-electron chi connectivity index (χ0n) is 10.4. The average Bonchev–Trinajstić information content (AvgIpc) is 2.38. The smallest absolute Gasteiger partial charge is 0.230 e. The first kappa shape index (κ1) is 13.9. The molecule has 1 heterocycles. The highest BCUT2D eigenvalue weighted by Crippen LogP contribution is 2.11. The predicted octanol–water partition coefficient (Wildman–Crippen LogP) is 1.56. The van der Waals surface area contributed by atoms with Crippen molar-refractivity contribution in [2.24, 2.45) is 0 Å². The van der Waals surface area contributed by atoms with Crippen molar-refractivity contribution in [3.05, 3.63) is 23.9 Å². The molecule has 6 nitrogen and oxygen atoms in total. The third kappa shape index (κ3) is 4.00. The first-order valence-corrected chi connectivity index (χ1v) is 5.63. The fourth-order valence-electron chi connectivity index (χ4n) is 1.21. The van der Waals surface area contributed by atoms with E-state index in [-0.39, 0.29) is 11.8 Å². The van der Waals surface area contributed by atoms with Crippen molar-refractivity contribution in [1.29, 1.82) is 5.41 Å². The largest absolute Gasteiger partial charge is 0.372 e. The Morgan fingerprint density at radius 1 is 1.56 bits per heavy atom. The van der Waals surface area contributed by atoms with E-state index < -0.39 is 5.82 Å². The van der Waals surface area contributed by atoms with Crippen molar-refractivity contribution < 1.29 is 4.39 Å². The van der Waals surface area contributed by atoms with Gasteiger partial charge in [0.1, 0.15) is 5.82 Å². The van der Waals surface area contributed by atoms with Crippen LogP contribution >= 0.6 is 0 Å². The summed E-state index contributed by atoms with van der Waals surface area (Å²) in [5.41, 5.74) is 0. The van der Waals surface area contributed by atoms with Crippen LogP contribution in [0.5, 0.6) is 0 Å². The maximum Gasteiger partial charge on any atom is 0.230 e. The predicted molar refractivity (Wildman–Crippen MR) is 70.3 cm³/mol. The molecule has 7 heteroatoms. The number of nitrogens with one attached hydrogen (secondary N) is 4. The normalized spacial score (nSPS) is 10.9. The van der Waals surface area contributed by atoms with Gasteiger partial charge in [0.05, 0.1) is 6.20 Å². The van der Waals surface area contributed by atoms with Crippen molar-refractivity contribution >= 4 is 18.0 Å². The second-order valence-corrected chi connectivity index (χ2v) is 3.44.